The molecule has 5 unspecified atom stereocenters. The van der Waals surface area contributed by atoms with Gasteiger partial charge in [-0.15, -0.1) is 0 Å². The number of nitrogens with one attached hydrogen (secondary N) is 2. The molecule has 11 heteroatoms. The lowest BCUT2D eigenvalue weighted by Crippen LogP contribution is -2.41. The van der Waals surface area contributed by atoms with E-state index in [2.05, 4.69) is 20.3 Å². The highest BCUT2D eigenvalue weighted by molar-refractivity contribution is 7.47. The van der Waals surface area contributed by atoms with Crippen molar-refractivity contribution in [2.24, 2.45) is 0 Å². The van der Waals surface area contributed by atoms with Gasteiger partial charge in [0.05, 0.1) is 24.2 Å². The number of H-pyrrole nitrogens is 1. The average Bonchev–Trinajstić information content (AvgIpc) is 3.01. The molecule has 0 radical (unpaired) electrons. The summed E-state index contributed by atoms with van der Waals surface area (Å²) in [6, 6.07) is -0.918. The second kappa shape index (κ2) is 4.72. The summed E-state index contributed by atoms with van der Waals surface area (Å²) in [5.41, 5.74) is 7.61. The minimum absolute atomic E-state index is 0.0223. The number of anilines is 1. The summed E-state index contributed by atoms with van der Waals surface area (Å²) in [6.07, 6.45) is 1.15. The molecule has 4 heterocycles. The van der Waals surface area contributed by atoms with Crippen LogP contribution in [-0.4, -0.2) is 49.8 Å². The van der Waals surface area contributed by atoms with Crippen LogP contribution in [0.25, 0.3) is 11.0 Å². The topological polar surface area (TPSA) is 156 Å². The SMILES string of the molecule is Nc1ncnc2c(C3NC4COP(=O)(O)OC4C3O)c[nH]c12. The zero-order valence-corrected chi connectivity index (χ0v) is 12.1. The number of rotatable bonds is 1. The Balaban J connectivity index is 1.71. The van der Waals surface area contributed by atoms with E-state index in [9.17, 15) is 14.6 Å². The van der Waals surface area contributed by atoms with Crippen LogP contribution >= 0.6 is 7.82 Å². The Bertz CT molecular complexity index is 781. The molecule has 2 fully saturated rings. The van der Waals surface area contributed by atoms with Crippen LogP contribution in [0.5, 0.6) is 0 Å². The largest absolute Gasteiger partial charge is 0.472 e. The Hall–Kier alpha value is -1.55. The minimum Gasteiger partial charge on any atom is -0.388 e. The normalized spacial score (nSPS) is 38.3. The number of aromatic nitrogens is 3. The number of aliphatic hydroxyl groups excluding tert-OH is 1. The number of nitrogens with zero attached hydrogens (tertiary/aromatic N) is 2. The quantitative estimate of drug-likeness (QED) is 0.433. The molecule has 2 aliphatic rings. The predicted molar refractivity (Wildman–Crippen MR) is 74.6 cm³/mol. The molecule has 22 heavy (non-hydrogen) atoms. The molecule has 0 aromatic carbocycles. The maximum absolute atomic E-state index is 11.5. The van der Waals surface area contributed by atoms with Crippen molar-refractivity contribution in [2.45, 2.75) is 24.3 Å². The number of fused-ring (bicyclic) bond motifs is 2. The van der Waals surface area contributed by atoms with Crippen LogP contribution in [0.2, 0.25) is 0 Å². The molecule has 2 aromatic heterocycles. The summed E-state index contributed by atoms with van der Waals surface area (Å²) in [6.45, 7) is -0.0223. The molecule has 118 valence electrons. The average molecular weight is 327 g/mol. The monoisotopic (exact) mass is 327 g/mol. The molecule has 10 nitrogen and oxygen atoms in total. The van der Waals surface area contributed by atoms with E-state index in [1.54, 1.807) is 6.20 Å². The smallest absolute Gasteiger partial charge is 0.388 e. The van der Waals surface area contributed by atoms with Crippen molar-refractivity contribution < 1.29 is 23.6 Å². The molecule has 5 atom stereocenters. The number of nitrogen functional groups attached to an aromatic ring is 1. The van der Waals surface area contributed by atoms with E-state index in [1.165, 1.54) is 6.33 Å². The van der Waals surface area contributed by atoms with E-state index < -0.39 is 32.1 Å². The first kappa shape index (κ1) is 14.1. The van der Waals surface area contributed by atoms with Gasteiger partial charge in [-0.25, -0.2) is 14.5 Å². The van der Waals surface area contributed by atoms with Crippen molar-refractivity contribution in [3.05, 3.63) is 18.1 Å². The van der Waals surface area contributed by atoms with Crippen molar-refractivity contribution in [1.82, 2.24) is 20.3 Å². The van der Waals surface area contributed by atoms with Gasteiger partial charge in [0, 0.05) is 11.8 Å². The first-order valence-corrected chi connectivity index (χ1v) is 8.13. The Morgan fingerprint density at radius 3 is 3.09 bits per heavy atom. The number of hydrogen-bond donors (Lipinski definition) is 5. The van der Waals surface area contributed by atoms with Crippen LogP contribution in [0.4, 0.5) is 5.82 Å². The van der Waals surface area contributed by atoms with Crippen molar-refractivity contribution in [1.29, 1.82) is 0 Å². The molecule has 2 aliphatic heterocycles. The van der Waals surface area contributed by atoms with Gasteiger partial charge in [0.15, 0.2) is 5.82 Å². The Morgan fingerprint density at radius 1 is 1.45 bits per heavy atom. The van der Waals surface area contributed by atoms with E-state index in [0.29, 0.717) is 22.4 Å². The maximum Gasteiger partial charge on any atom is 0.472 e. The summed E-state index contributed by atoms with van der Waals surface area (Å²) < 4.78 is 21.2. The number of aromatic amines is 1. The molecule has 0 saturated carbocycles. The van der Waals surface area contributed by atoms with Gasteiger partial charge in [0.25, 0.3) is 0 Å². The van der Waals surface area contributed by atoms with E-state index in [0.717, 1.165) is 0 Å². The van der Waals surface area contributed by atoms with Crippen LogP contribution < -0.4 is 11.1 Å². The van der Waals surface area contributed by atoms with Gasteiger partial charge >= 0.3 is 7.82 Å². The summed E-state index contributed by atoms with van der Waals surface area (Å²) in [5.74, 6) is 0.306. The maximum atomic E-state index is 11.5. The highest BCUT2D eigenvalue weighted by atomic mass is 31.2. The van der Waals surface area contributed by atoms with Crippen LogP contribution in [0.15, 0.2) is 12.5 Å². The lowest BCUT2D eigenvalue weighted by Gasteiger charge is -2.29. The van der Waals surface area contributed by atoms with Gasteiger partial charge < -0.3 is 26.0 Å². The lowest BCUT2D eigenvalue weighted by atomic mass is 10.0. The Morgan fingerprint density at radius 2 is 2.27 bits per heavy atom. The predicted octanol–water partition coefficient (Wildman–Crippen LogP) is -0.570. The first-order chi connectivity index (χ1) is 10.5. The second-order valence-electron chi connectivity index (χ2n) is 5.30. The molecule has 4 rings (SSSR count). The zero-order chi connectivity index (χ0) is 15.5. The summed E-state index contributed by atoms with van der Waals surface area (Å²) in [5, 5.41) is 13.6. The van der Waals surface area contributed by atoms with Crippen molar-refractivity contribution in [3.63, 3.8) is 0 Å². The van der Waals surface area contributed by atoms with Crippen LogP contribution in [-0.2, 0) is 13.6 Å². The molecule has 0 bridgehead atoms. The van der Waals surface area contributed by atoms with E-state index in [4.69, 9.17) is 14.8 Å². The van der Waals surface area contributed by atoms with Crippen LogP contribution in [0, 0.1) is 0 Å². The third-order valence-electron chi connectivity index (χ3n) is 4.00. The van der Waals surface area contributed by atoms with E-state index in [1.807, 2.05) is 0 Å². The molecule has 0 amide bonds. The molecule has 0 spiro atoms. The van der Waals surface area contributed by atoms with Gasteiger partial charge in [-0.2, -0.15) is 0 Å². The zero-order valence-electron chi connectivity index (χ0n) is 11.2. The number of phosphoric ester groups is 1. The molecule has 0 aliphatic carbocycles. The Kier molecular flexibility index (Phi) is 3.02. The van der Waals surface area contributed by atoms with E-state index in [-0.39, 0.29) is 6.61 Å². The summed E-state index contributed by atoms with van der Waals surface area (Å²) in [4.78, 5) is 20.4. The second-order valence-corrected chi connectivity index (χ2v) is 6.71. The highest BCUT2D eigenvalue weighted by Gasteiger charge is 2.51. The molecule has 2 aromatic rings. The number of nitrogens with two attached hydrogens (primary N) is 1. The third kappa shape index (κ3) is 2.04. The van der Waals surface area contributed by atoms with Gasteiger partial charge in [-0.05, 0) is 0 Å². The van der Waals surface area contributed by atoms with Crippen molar-refractivity contribution in [3.8, 4) is 0 Å². The summed E-state index contributed by atoms with van der Waals surface area (Å²) in [7, 11) is -4.11. The van der Waals surface area contributed by atoms with Crippen LogP contribution in [0.3, 0.4) is 0 Å². The molecular formula is C11H14N5O5P. The standard InChI is InChI=1S/C11H14N5O5P/c12-11-8-6(14-3-15-11)4(1-13-8)7-9(17)10-5(16-7)2-20-22(18,19)21-10/h1,3,5,7,9-10,13,16-17H,2H2,(H,18,19)(H2,12,14,15). The fraction of sp³-hybridized carbons (Fsp3) is 0.455. The van der Waals surface area contributed by atoms with Gasteiger partial charge in [-0.1, -0.05) is 0 Å². The van der Waals surface area contributed by atoms with Crippen molar-refractivity contribution >= 4 is 24.7 Å². The Labute approximate surface area is 124 Å². The third-order valence-corrected chi connectivity index (χ3v) is 4.98. The van der Waals surface area contributed by atoms with Crippen LogP contribution in [0.1, 0.15) is 11.6 Å². The van der Waals surface area contributed by atoms with Gasteiger partial charge in [0.1, 0.15) is 24.1 Å². The van der Waals surface area contributed by atoms with E-state index >= 15 is 0 Å². The summed E-state index contributed by atoms with van der Waals surface area (Å²) >= 11 is 0. The number of phosphoric acid groups is 1. The number of hydrogen-bond acceptors (Lipinski definition) is 8. The fourth-order valence-electron chi connectivity index (χ4n) is 2.98. The number of aliphatic hydroxyl groups is 1. The fourth-order valence-corrected chi connectivity index (χ4v) is 3.97. The first-order valence-electron chi connectivity index (χ1n) is 6.63. The van der Waals surface area contributed by atoms with Crippen molar-refractivity contribution in [2.75, 3.05) is 12.3 Å². The van der Waals surface area contributed by atoms with Gasteiger partial charge in [-0.3, -0.25) is 9.05 Å². The molecule has 6 N–H and O–H groups in total. The minimum atomic E-state index is -4.11. The molecule has 2 saturated heterocycles. The lowest BCUT2D eigenvalue weighted by molar-refractivity contribution is -0.0162. The highest BCUT2D eigenvalue weighted by Crippen LogP contribution is 2.51. The molecular weight excluding hydrogens is 313 g/mol. The van der Waals surface area contributed by atoms with Gasteiger partial charge in [0.2, 0.25) is 0 Å².